The number of aryl methyl sites for hydroxylation is 1. The van der Waals surface area contributed by atoms with Crippen LogP contribution in [0.5, 0.6) is 0 Å². The monoisotopic (exact) mass is 419 g/mol. The molecule has 3 aromatic rings. The topological polar surface area (TPSA) is 96.7 Å². The number of aromatic amines is 1. The molecule has 29 heavy (non-hydrogen) atoms. The Morgan fingerprint density at radius 1 is 1.31 bits per heavy atom. The van der Waals surface area contributed by atoms with E-state index >= 15 is 0 Å². The van der Waals surface area contributed by atoms with Crippen LogP contribution in [0.15, 0.2) is 24.4 Å². The van der Waals surface area contributed by atoms with Gasteiger partial charge < -0.3 is 16.0 Å². The summed E-state index contributed by atoms with van der Waals surface area (Å²) in [7, 11) is 0. The number of rotatable bonds is 5. The van der Waals surface area contributed by atoms with E-state index in [0.717, 1.165) is 24.1 Å². The van der Waals surface area contributed by atoms with Gasteiger partial charge in [-0.15, -0.1) is 0 Å². The molecule has 0 saturated heterocycles. The molecular formula is C21H27ClFN5O. The number of H-pyrrole nitrogens is 1. The minimum Gasteiger partial charge on any atom is -0.398 e. The van der Waals surface area contributed by atoms with Crippen molar-refractivity contribution in [3.8, 4) is 0 Å². The number of nitrogen functional groups attached to an aromatic ring is 1. The maximum absolute atomic E-state index is 13.9. The molecule has 4 N–H and O–H groups in total. The molecule has 0 aliphatic rings. The van der Waals surface area contributed by atoms with Crippen molar-refractivity contribution in [3.05, 3.63) is 52.3 Å². The van der Waals surface area contributed by atoms with Crippen LogP contribution in [0, 0.1) is 5.82 Å². The first kappa shape index (κ1) is 22.6. The second kappa shape index (κ2) is 10.2. The summed E-state index contributed by atoms with van der Waals surface area (Å²) in [5, 5.41) is 3.13. The van der Waals surface area contributed by atoms with Gasteiger partial charge in [-0.05, 0) is 31.5 Å². The molecule has 0 radical (unpaired) electrons. The molecule has 2 heterocycles. The van der Waals surface area contributed by atoms with E-state index in [4.69, 9.17) is 17.3 Å². The summed E-state index contributed by atoms with van der Waals surface area (Å²) >= 11 is 6.03. The molecule has 156 valence electrons. The average Bonchev–Trinajstić information content (AvgIpc) is 3.13. The molecule has 0 spiro atoms. The summed E-state index contributed by atoms with van der Waals surface area (Å²) < 4.78 is 13.9. The second-order valence-electron chi connectivity index (χ2n) is 6.75. The molecule has 0 aliphatic heterocycles. The lowest BCUT2D eigenvalue weighted by atomic mass is 10.0. The van der Waals surface area contributed by atoms with Gasteiger partial charge in [0.1, 0.15) is 5.52 Å². The largest absolute Gasteiger partial charge is 0.398 e. The predicted octanol–water partition coefficient (Wildman–Crippen LogP) is 5.19. The normalized spacial score (nSPS) is 11.7. The molecule has 1 atom stereocenters. The van der Waals surface area contributed by atoms with E-state index in [1.54, 1.807) is 12.3 Å². The third kappa shape index (κ3) is 5.23. The van der Waals surface area contributed by atoms with Crippen LogP contribution in [0.3, 0.4) is 0 Å². The number of pyridine rings is 1. The zero-order valence-electron chi connectivity index (χ0n) is 17.1. The summed E-state index contributed by atoms with van der Waals surface area (Å²) in [6.07, 6.45) is 4.57. The third-order valence-electron chi connectivity index (χ3n) is 4.13. The van der Waals surface area contributed by atoms with Gasteiger partial charge >= 0.3 is 0 Å². The molecule has 1 amide bonds. The molecule has 0 saturated carbocycles. The Morgan fingerprint density at radius 2 is 2.00 bits per heavy atom. The third-order valence-corrected chi connectivity index (χ3v) is 4.45. The Balaban J connectivity index is 0.000000941. The maximum atomic E-state index is 13.9. The predicted molar refractivity (Wildman–Crippen MR) is 116 cm³/mol. The Morgan fingerprint density at radius 3 is 2.62 bits per heavy atom. The number of carbonyl (C=O) groups is 1. The minimum atomic E-state index is -0.547. The second-order valence-corrected chi connectivity index (χ2v) is 7.16. The summed E-state index contributed by atoms with van der Waals surface area (Å²) in [4.78, 5) is 23.7. The number of halogens is 2. The number of nitrogens with one attached hydrogen (secondary N) is 2. The van der Waals surface area contributed by atoms with E-state index in [-0.39, 0.29) is 22.9 Å². The van der Waals surface area contributed by atoms with Crippen molar-refractivity contribution in [3.63, 3.8) is 0 Å². The molecule has 1 unspecified atom stereocenters. The summed E-state index contributed by atoms with van der Waals surface area (Å²) in [6.45, 7) is 8.12. The number of aromatic nitrogens is 3. The zero-order valence-corrected chi connectivity index (χ0v) is 17.9. The van der Waals surface area contributed by atoms with Crippen LogP contribution in [0.1, 0.15) is 68.5 Å². The quantitative estimate of drug-likeness (QED) is 0.530. The zero-order chi connectivity index (χ0) is 21.6. The van der Waals surface area contributed by atoms with Gasteiger partial charge in [-0.1, -0.05) is 45.2 Å². The van der Waals surface area contributed by atoms with Crippen LogP contribution >= 0.6 is 11.6 Å². The Kier molecular flexibility index (Phi) is 7.96. The molecule has 8 heteroatoms. The molecule has 0 bridgehead atoms. The standard InChI is InChI=1S/C18H19ClFN5O.C3H8/c1-3-4-13-14(12(21)7-8-22-13)9(2)23-18(26)17-24-15-10(19)5-6-11(20)16(15)25-17;1-3-2/h5-9H,3-4H2,1-2H3,(H2,21,22)(H,23,26)(H,24,25);3H2,1-2H3. The van der Waals surface area contributed by atoms with E-state index in [1.165, 1.54) is 18.6 Å². The van der Waals surface area contributed by atoms with Crippen molar-refractivity contribution in [1.29, 1.82) is 0 Å². The number of nitrogens with zero attached hydrogens (tertiary/aromatic N) is 2. The first-order chi connectivity index (χ1) is 13.8. The van der Waals surface area contributed by atoms with Crippen molar-refractivity contribution in [2.45, 2.75) is 53.0 Å². The first-order valence-corrected chi connectivity index (χ1v) is 10.1. The minimum absolute atomic E-state index is 0.0154. The van der Waals surface area contributed by atoms with E-state index in [9.17, 15) is 9.18 Å². The fraction of sp³-hybridized carbons (Fsp3) is 0.381. The van der Waals surface area contributed by atoms with E-state index in [1.807, 2.05) is 13.8 Å². The molecule has 1 aromatic carbocycles. The van der Waals surface area contributed by atoms with Crippen LogP contribution in [-0.2, 0) is 6.42 Å². The van der Waals surface area contributed by atoms with Crippen molar-refractivity contribution in [2.24, 2.45) is 0 Å². The Hall–Kier alpha value is -2.67. The van der Waals surface area contributed by atoms with Gasteiger partial charge in [-0.25, -0.2) is 9.37 Å². The molecule has 0 fully saturated rings. The van der Waals surface area contributed by atoms with Crippen LogP contribution in [0.25, 0.3) is 11.0 Å². The van der Waals surface area contributed by atoms with E-state index < -0.39 is 11.7 Å². The lowest BCUT2D eigenvalue weighted by molar-refractivity contribution is 0.0930. The van der Waals surface area contributed by atoms with Crippen LogP contribution in [0.4, 0.5) is 10.1 Å². The lowest BCUT2D eigenvalue weighted by Gasteiger charge is -2.18. The molecule has 6 nitrogen and oxygen atoms in total. The number of amides is 1. The van der Waals surface area contributed by atoms with Crippen molar-refractivity contribution < 1.29 is 9.18 Å². The summed E-state index contributed by atoms with van der Waals surface area (Å²) in [5.74, 6) is -1.04. The highest BCUT2D eigenvalue weighted by molar-refractivity contribution is 6.35. The fourth-order valence-electron chi connectivity index (χ4n) is 2.94. The number of nitrogens with two attached hydrogens (primary N) is 1. The average molecular weight is 420 g/mol. The first-order valence-electron chi connectivity index (χ1n) is 9.71. The van der Waals surface area contributed by atoms with Crippen LogP contribution in [-0.4, -0.2) is 20.9 Å². The molecule has 0 aliphatic carbocycles. The number of hydrogen-bond donors (Lipinski definition) is 3. The number of hydrogen-bond acceptors (Lipinski definition) is 4. The SMILES string of the molecule is CCC.CCCc1nccc(N)c1C(C)NC(=O)c1nc2c(F)ccc(Cl)c2[nH]1. The summed E-state index contributed by atoms with van der Waals surface area (Å²) in [5.41, 5.74) is 8.60. The highest BCUT2D eigenvalue weighted by Crippen LogP contribution is 2.26. The van der Waals surface area contributed by atoms with Gasteiger partial charge in [-0.2, -0.15) is 0 Å². The highest BCUT2D eigenvalue weighted by atomic mass is 35.5. The van der Waals surface area contributed by atoms with Crippen molar-refractivity contribution >= 4 is 34.2 Å². The van der Waals surface area contributed by atoms with Gasteiger partial charge in [0.2, 0.25) is 0 Å². The van der Waals surface area contributed by atoms with Gasteiger partial charge in [0.25, 0.3) is 5.91 Å². The molecule has 3 rings (SSSR count). The van der Waals surface area contributed by atoms with Crippen molar-refractivity contribution in [1.82, 2.24) is 20.3 Å². The van der Waals surface area contributed by atoms with Crippen LogP contribution in [0.2, 0.25) is 5.02 Å². The van der Waals surface area contributed by atoms with Gasteiger partial charge in [0.15, 0.2) is 11.6 Å². The Bertz CT molecular complexity index is 950. The smallest absolute Gasteiger partial charge is 0.287 e. The number of anilines is 1. The van der Waals surface area contributed by atoms with Gasteiger partial charge in [-0.3, -0.25) is 9.78 Å². The van der Waals surface area contributed by atoms with Crippen LogP contribution < -0.4 is 11.1 Å². The highest BCUT2D eigenvalue weighted by Gasteiger charge is 2.21. The summed E-state index contributed by atoms with van der Waals surface area (Å²) in [6, 6.07) is 3.94. The number of benzene rings is 1. The fourth-order valence-corrected chi connectivity index (χ4v) is 3.14. The molecule has 2 aromatic heterocycles. The molecular weight excluding hydrogens is 393 g/mol. The Labute approximate surface area is 175 Å². The van der Waals surface area contributed by atoms with E-state index in [2.05, 4.69) is 34.1 Å². The van der Waals surface area contributed by atoms with E-state index in [0.29, 0.717) is 10.7 Å². The van der Waals surface area contributed by atoms with Gasteiger partial charge in [0.05, 0.1) is 16.6 Å². The maximum Gasteiger partial charge on any atom is 0.287 e. The number of fused-ring (bicyclic) bond motifs is 1. The number of carbonyl (C=O) groups excluding carboxylic acids is 1. The van der Waals surface area contributed by atoms with Gasteiger partial charge in [0, 0.05) is 23.1 Å². The lowest BCUT2D eigenvalue weighted by Crippen LogP contribution is -2.29. The number of imidazole rings is 1. The van der Waals surface area contributed by atoms with Crippen molar-refractivity contribution in [2.75, 3.05) is 5.73 Å².